The van der Waals surface area contributed by atoms with Crippen molar-refractivity contribution in [2.24, 2.45) is 0 Å². The molecule has 0 aliphatic carbocycles. The molecule has 0 aliphatic rings. The van der Waals surface area contributed by atoms with Crippen molar-refractivity contribution < 1.29 is 4.42 Å². The number of oxazole rings is 1. The fraction of sp³-hybridized carbons (Fsp3) is 0. The SMILES string of the molecule is [CH2]c1nc2c(Br)cccc2o1. The van der Waals surface area contributed by atoms with E-state index in [0.29, 0.717) is 5.89 Å². The Labute approximate surface area is 72.4 Å². The van der Waals surface area contributed by atoms with Crippen molar-refractivity contribution in [2.45, 2.75) is 0 Å². The number of hydrogen-bond donors (Lipinski definition) is 0. The zero-order valence-corrected chi connectivity index (χ0v) is 7.26. The summed E-state index contributed by atoms with van der Waals surface area (Å²) in [6.45, 7) is 3.60. The Morgan fingerprint density at radius 2 is 2.27 bits per heavy atom. The summed E-state index contributed by atoms with van der Waals surface area (Å²) in [7, 11) is 0. The molecule has 2 aromatic rings. The lowest BCUT2D eigenvalue weighted by Crippen LogP contribution is -1.69. The van der Waals surface area contributed by atoms with E-state index < -0.39 is 0 Å². The van der Waals surface area contributed by atoms with Crippen LogP contribution in [0.4, 0.5) is 0 Å². The van der Waals surface area contributed by atoms with Gasteiger partial charge in [-0.25, -0.2) is 4.98 Å². The molecule has 2 nitrogen and oxygen atoms in total. The molecule has 0 spiro atoms. The Kier molecular flexibility index (Phi) is 1.46. The zero-order chi connectivity index (χ0) is 7.84. The smallest absolute Gasteiger partial charge is 0.196 e. The van der Waals surface area contributed by atoms with Crippen LogP contribution in [0.1, 0.15) is 5.89 Å². The summed E-state index contributed by atoms with van der Waals surface area (Å²) < 4.78 is 6.14. The maximum absolute atomic E-state index is 5.20. The van der Waals surface area contributed by atoms with Crippen molar-refractivity contribution >= 4 is 27.0 Å². The average Bonchev–Trinajstić information content (AvgIpc) is 2.31. The van der Waals surface area contributed by atoms with Crippen LogP contribution in [0.3, 0.4) is 0 Å². The second-order valence-corrected chi connectivity index (χ2v) is 3.05. The highest BCUT2D eigenvalue weighted by atomic mass is 79.9. The molecule has 0 amide bonds. The molecule has 0 saturated heterocycles. The van der Waals surface area contributed by atoms with Gasteiger partial charge < -0.3 is 4.42 Å². The molecule has 0 N–H and O–H groups in total. The van der Waals surface area contributed by atoms with Gasteiger partial charge in [-0.15, -0.1) is 0 Å². The zero-order valence-electron chi connectivity index (χ0n) is 5.67. The van der Waals surface area contributed by atoms with Crippen molar-refractivity contribution in [1.82, 2.24) is 4.98 Å². The van der Waals surface area contributed by atoms with Crippen LogP contribution in [0, 0.1) is 6.92 Å². The predicted octanol–water partition coefficient (Wildman–Crippen LogP) is 2.77. The van der Waals surface area contributed by atoms with Gasteiger partial charge in [-0.3, -0.25) is 0 Å². The number of aromatic nitrogens is 1. The monoisotopic (exact) mass is 210 g/mol. The molecular formula is C8H5BrNO. The molecule has 1 radical (unpaired) electrons. The van der Waals surface area contributed by atoms with Gasteiger partial charge in [-0.05, 0) is 28.1 Å². The van der Waals surface area contributed by atoms with E-state index in [1.165, 1.54) is 0 Å². The summed E-state index contributed by atoms with van der Waals surface area (Å²) in [4.78, 5) is 4.09. The van der Waals surface area contributed by atoms with Gasteiger partial charge in [0.15, 0.2) is 11.5 Å². The van der Waals surface area contributed by atoms with Crippen LogP contribution in [-0.4, -0.2) is 4.98 Å². The van der Waals surface area contributed by atoms with Crippen molar-refractivity contribution in [3.05, 3.63) is 35.5 Å². The normalized spacial score (nSPS) is 10.7. The molecule has 1 aromatic heterocycles. The highest BCUT2D eigenvalue weighted by Crippen LogP contribution is 2.23. The minimum Gasteiger partial charge on any atom is -0.441 e. The van der Waals surface area contributed by atoms with Crippen LogP contribution in [0.5, 0.6) is 0 Å². The van der Waals surface area contributed by atoms with Crippen LogP contribution < -0.4 is 0 Å². The Bertz CT molecular complexity index is 394. The van der Waals surface area contributed by atoms with Crippen LogP contribution in [0.25, 0.3) is 11.1 Å². The largest absolute Gasteiger partial charge is 0.441 e. The lowest BCUT2D eigenvalue weighted by molar-refractivity contribution is 0.579. The van der Waals surface area contributed by atoms with Crippen LogP contribution >= 0.6 is 15.9 Å². The number of fused-ring (bicyclic) bond motifs is 1. The molecule has 55 valence electrons. The van der Waals surface area contributed by atoms with E-state index in [9.17, 15) is 0 Å². The van der Waals surface area contributed by atoms with Gasteiger partial charge >= 0.3 is 0 Å². The Hall–Kier alpha value is -0.830. The van der Waals surface area contributed by atoms with Crippen LogP contribution in [0.15, 0.2) is 27.1 Å². The van der Waals surface area contributed by atoms with Gasteiger partial charge in [0.2, 0.25) is 0 Å². The Balaban J connectivity index is 2.90. The minimum atomic E-state index is 0.451. The summed E-state index contributed by atoms with van der Waals surface area (Å²) in [6.07, 6.45) is 0. The van der Waals surface area contributed by atoms with Crippen molar-refractivity contribution in [2.75, 3.05) is 0 Å². The standard InChI is InChI=1S/C8H5BrNO/c1-5-10-8-6(9)3-2-4-7(8)11-5/h2-4H,1H2. The third-order valence-corrected chi connectivity index (χ3v) is 2.05. The summed E-state index contributed by atoms with van der Waals surface area (Å²) >= 11 is 3.36. The first-order chi connectivity index (χ1) is 5.27. The van der Waals surface area contributed by atoms with Gasteiger partial charge in [-0.1, -0.05) is 6.07 Å². The quantitative estimate of drug-likeness (QED) is 0.669. The molecule has 11 heavy (non-hydrogen) atoms. The van der Waals surface area contributed by atoms with Crippen LogP contribution in [0.2, 0.25) is 0 Å². The minimum absolute atomic E-state index is 0.451. The van der Waals surface area contributed by atoms with E-state index in [1.54, 1.807) is 0 Å². The molecule has 1 heterocycles. The van der Waals surface area contributed by atoms with Crippen molar-refractivity contribution in [3.63, 3.8) is 0 Å². The molecule has 0 aliphatic heterocycles. The lowest BCUT2D eigenvalue weighted by atomic mass is 10.3. The first-order valence-electron chi connectivity index (χ1n) is 3.14. The second kappa shape index (κ2) is 2.34. The van der Waals surface area contributed by atoms with Gasteiger partial charge in [0.05, 0.1) is 0 Å². The van der Waals surface area contributed by atoms with E-state index in [1.807, 2.05) is 18.2 Å². The number of rotatable bonds is 0. The number of nitrogens with zero attached hydrogens (tertiary/aromatic N) is 1. The highest BCUT2D eigenvalue weighted by Gasteiger charge is 2.03. The molecular weight excluding hydrogens is 206 g/mol. The third-order valence-electron chi connectivity index (χ3n) is 1.41. The molecule has 1 aromatic carbocycles. The lowest BCUT2D eigenvalue weighted by Gasteiger charge is -1.86. The summed E-state index contributed by atoms with van der Waals surface area (Å²) in [5.41, 5.74) is 1.60. The number of para-hydroxylation sites is 1. The predicted molar refractivity (Wildman–Crippen MR) is 46.2 cm³/mol. The molecule has 0 saturated carbocycles. The molecule has 0 atom stereocenters. The topological polar surface area (TPSA) is 26.0 Å². The molecule has 0 bridgehead atoms. The molecule has 3 heteroatoms. The summed E-state index contributed by atoms with van der Waals surface area (Å²) in [5, 5.41) is 0. The maximum atomic E-state index is 5.20. The molecule has 2 rings (SSSR count). The summed E-state index contributed by atoms with van der Waals surface area (Å²) in [5.74, 6) is 0.451. The van der Waals surface area contributed by atoms with E-state index in [-0.39, 0.29) is 0 Å². The fourth-order valence-electron chi connectivity index (χ4n) is 0.961. The van der Waals surface area contributed by atoms with Crippen molar-refractivity contribution in [1.29, 1.82) is 0 Å². The molecule has 0 fully saturated rings. The maximum Gasteiger partial charge on any atom is 0.196 e. The van der Waals surface area contributed by atoms with E-state index in [2.05, 4.69) is 27.8 Å². The number of halogens is 1. The van der Waals surface area contributed by atoms with E-state index in [0.717, 1.165) is 15.6 Å². The van der Waals surface area contributed by atoms with Gasteiger partial charge in [0, 0.05) is 11.4 Å². The number of hydrogen-bond acceptors (Lipinski definition) is 2. The first kappa shape index (κ1) is 6.85. The van der Waals surface area contributed by atoms with E-state index >= 15 is 0 Å². The second-order valence-electron chi connectivity index (χ2n) is 2.19. The Morgan fingerprint density at radius 1 is 1.45 bits per heavy atom. The van der Waals surface area contributed by atoms with Crippen molar-refractivity contribution in [3.8, 4) is 0 Å². The van der Waals surface area contributed by atoms with Gasteiger partial charge in [0.1, 0.15) is 5.52 Å². The Morgan fingerprint density at radius 3 is 3.00 bits per heavy atom. The van der Waals surface area contributed by atoms with Crippen LogP contribution in [-0.2, 0) is 0 Å². The highest BCUT2D eigenvalue weighted by molar-refractivity contribution is 9.10. The fourth-order valence-corrected chi connectivity index (χ4v) is 1.40. The van der Waals surface area contributed by atoms with Gasteiger partial charge in [0.25, 0.3) is 0 Å². The summed E-state index contributed by atoms with van der Waals surface area (Å²) in [6, 6.07) is 5.68. The average molecular weight is 211 g/mol. The molecule has 0 unspecified atom stereocenters. The number of benzene rings is 1. The van der Waals surface area contributed by atoms with Gasteiger partial charge in [-0.2, -0.15) is 0 Å². The third kappa shape index (κ3) is 1.05. The van der Waals surface area contributed by atoms with E-state index in [4.69, 9.17) is 4.42 Å². The first-order valence-corrected chi connectivity index (χ1v) is 3.94.